The predicted octanol–water partition coefficient (Wildman–Crippen LogP) is 2.29. The molecule has 0 radical (unpaired) electrons. The zero-order chi connectivity index (χ0) is 11.3. The fraction of sp³-hybridized carbons (Fsp3) is 0.917. The van der Waals surface area contributed by atoms with Crippen LogP contribution in [0.5, 0.6) is 0 Å². The molecule has 0 aromatic heterocycles. The first kappa shape index (κ1) is 10.9. The van der Waals surface area contributed by atoms with Crippen molar-refractivity contribution in [3.63, 3.8) is 0 Å². The number of carbonyl (C=O) groups excluding carboxylic acids is 1. The summed E-state index contributed by atoms with van der Waals surface area (Å²) in [5.74, 6) is -0.126. The van der Waals surface area contributed by atoms with Gasteiger partial charge in [-0.1, -0.05) is 13.8 Å². The minimum absolute atomic E-state index is 0.118. The van der Waals surface area contributed by atoms with E-state index in [0.717, 1.165) is 12.8 Å². The maximum atomic E-state index is 11.5. The number of hydrogen-bond acceptors (Lipinski definition) is 3. The second-order valence-electron chi connectivity index (χ2n) is 5.50. The van der Waals surface area contributed by atoms with E-state index in [9.17, 15) is 4.79 Å². The number of epoxide rings is 1. The van der Waals surface area contributed by atoms with Crippen molar-refractivity contribution in [3.05, 3.63) is 0 Å². The summed E-state index contributed by atoms with van der Waals surface area (Å²) < 4.78 is 10.8. The van der Waals surface area contributed by atoms with Gasteiger partial charge in [-0.05, 0) is 32.1 Å². The molecular formula is C12H20O3. The van der Waals surface area contributed by atoms with E-state index in [0.29, 0.717) is 13.0 Å². The Hall–Kier alpha value is -0.570. The van der Waals surface area contributed by atoms with E-state index in [1.807, 2.05) is 6.92 Å². The van der Waals surface area contributed by atoms with Crippen LogP contribution >= 0.6 is 0 Å². The minimum Gasteiger partial charge on any atom is -0.466 e. The second-order valence-corrected chi connectivity index (χ2v) is 5.50. The van der Waals surface area contributed by atoms with E-state index in [2.05, 4.69) is 20.8 Å². The van der Waals surface area contributed by atoms with Crippen LogP contribution in [-0.4, -0.2) is 23.8 Å². The molecule has 0 spiro atoms. The van der Waals surface area contributed by atoms with Crippen LogP contribution in [0.4, 0.5) is 0 Å². The molecule has 0 N–H and O–H groups in total. The smallest absolute Gasteiger partial charge is 0.308 e. The van der Waals surface area contributed by atoms with Gasteiger partial charge >= 0.3 is 5.97 Å². The molecular weight excluding hydrogens is 192 g/mol. The van der Waals surface area contributed by atoms with Crippen molar-refractivity contribution in [2.45, 2.75) is 58.2 Å². The normalized spacial score (nSPS) is 41.1. The first-order valence-corrected chi connectivity index (χ1v) is 5.73. The zero-order valence-corrected chi connectivity index (χ0v) is 10.1. The Morgan fingerprint density at radius 2 is 2.00 bits per heavy atom. The van der Waals surface area contributed by atoms with E-state index < -0.39 is 0 Å². The predicted molar refractivity (Wildman–Crippen MR) is 56.5 cm³/mol. The van der Waals surface area contributed by atoms with E-state index in [1.165, 1.54) is 0 Å². The molecule has 0 bridgehead atoms. The summed E-state index contributed by atoms with van der Waals surface area (Å²) in [5, 5.41) is 0. The number of ether oxygens (including phenoxy) is 2. The molecule has 0 amide bonds. The summed E-state index contributed by atoms with van der Waals surface area (Å²) in [7, 11) is 0. The van der Waals surface area contributed by atoms with Crippen molar-refractivity contribution in [2.24, 2.45) is 5.41 Å². The zero-order valence-electron chi connectivity index (χ0n) is 10.1. The number of esters is 1. The average Bonchev–Trinajstić information content (AvgIpc) is 2.65. The lowest BCUT2D eigenvalue weighted by atomic mass is 9.79. The fourth-order valence-corrected chi connectivity index (χ4v) is 2.90. The van der Waals surface area contributed by atoms with Gasteiger partial charge in [0.05, 0.1) is 13.0 Å². The van der Waals surface area contributed by atoms with Gasteiger partial charge in [-0.25, -0.2) is 0 Å². The highest BCUT2D eigenvalue weighted by Gasteiger charge is 2.77. The Balaban J connectivity index is 2.05. The molecule has 3 heteroatoms. The van der Waals surface area contributed by atoms with E-state index >= 15 is 0 Å². The first-order valence-electron chi connectivity index (χ1n) is 5.73. The maximum Gasteiger partial charge on any atom is 0.308 e. The van der Waals surface area contributed by atoms with Crippen LogP contribution in [0, 0.1) is 5.41 Å². The monoisotopic (exact) mass is 212 g/mol. The average molecular weight is 212 g/mol. The van der Waals surface area contributed by atoms with Crippen molar-refractivity contribution in [2.75, 3.05) is 6.61 Å². The van der Waals surface area contributed by atoms with Gasteiger partial charge in [0.2, 0.25) is 0 Å². The Labute approximate surface area is 91.1 Å². The van der Waals surface area contributed by atoms with Gasteiger partial charge < -0.3 is 9.47 Å². The summed E-state index contributed by atoms with van der Waals surface area (Å²) in [5.41, 5.74) is -0.158. The quantitative estimate of drug-likeness (QED) is 0.532. The van der Waals surface area contributed by atoms with Crippen LogP contribution in [0.3, 0.4) is 0 Å². The van der Waals surface area contributed by atoms with Gasteiger partial charge in [0.15, 0.2) is 0 Å². The van der Waals surface area contributed by atoms with Crippen molar-refractivity contribution in [3.8, 4) is 0 Å². The van der Waals surface area contributed by atoms with Gasteiger partial charge in [0.25, 0.3) is 0 Å². The van der Waals surface area contributed by atoms with E-state index in [4.69, 9.17) is 9.47 Å². The van der Waals surface area contributed by atoms with Crippen LogP contribution < -0.4 is 0 Å². The lowest BCUT2D eigenvalue weighted by Gasteiger charge is -2.24. The molecule has 2 aliphatic rings. The minimum atomic E-state index is -0.219. The van der Waals surface area contributed by atoms with E-state index in [-0.39, 0.29) is 22.6 Å². The molecule has 1 aliphatic carbocycles. The van der Waals surface area contributed by atoms with Crippen molar-refractivity contribution < 1.29 is 14.3 Å². The highest BCUT2D eigenvalue weighted by atomic mass is 16.6. The number of rotatable bonds is 3. The highest BCUT2D eigenvalue weighted by molar-refractivity contribution is 5.72. The molecule has 0 aromatic carbocycles. The van der Waals surface area contributed by atoms with Gasteiger partial charge in [-0.15, -0.1) is 0 Å². The third kappa shape index (κ3) is 1.32. The van der Waals surface area contributed by atoms with Crippen LogP contribution in [0.2, 0.25) is 0 Å². The summed E-state index contributed by atoms with van der Waals surface area (Å²) in [6, 6.07) is 0. The second kappa shape index (κ2) is 2.97. The van der Waals surface area contributed by atoms with Crippen molar-refractivity contribution >= 4 is 5.97 Å². The lowest BCUT2D eigenvalue weighted by Crippen LogP contribution is -2.31. The summed E-state index contributed by atoms with van der Waals surface area (Å²) in [6.45, 7) is 8.84. The third-order valence-electron chi connectivity index (χ3n) is 4.41. The SMILES string of the molecule is CCOC(=O)CC12CCC(C)(C)C1(C)O2. The third-order valence-corrected chi connectivity index (χ3v) is 4.41. The molecule has 1 saturated carbocycles. The maximum absolute atomic E-state index is 11.5. The number of fused-ring (bicyclic) bond motifs is 1. The molecule has 15 heavy (non-hydrogen) atoms. The number of hydrogen-bond donors (Lipinski definition) is 0. The van der Waals surface area contributed by atoms with Crippen LogP contribution in [0.1, 0.15) is 47.0 Å². The molecule has 1 saturated heterocycles. The van der Waals surface area contributed by atoms with Crippen molar-refractivity contribution in [1.29, 1.82) is 0 Å². The molecule has 3 nitrogen and oxygen atoms in total. The molecule has 2 rings (SSSR count). The Morgan fingerprint density at radius 3 is 2.40 bits per heavy atom. The van der Waals surface area contributed by atoms with Gasteiger partial charge in [-0.3, -0.25) is 4.79 Å². The molecule has 86 valence electrons. The molecule has 2 atom stereocenters. The van der Waals surface area contributed by atoms with Crippen LogP contribution in [-0.2, 0) is 14.3 Å². The standard InChI is InChI=1S/C12H20O3/c1-5-14-9(13)8-12-7-6-10(2,3)11(12,4)15-12/h5-8H2,1-4H3. The van der Waals surface area contributed by atoms with Gasteiger partial charge in [0, 0.05) is 0 Å². The van der Waals surface area contributed by atoms with Gasteiger partial charge in [0.1, 0.15) is 11.2 Å². The summed E-state index contributed by atoms with van der Waals surface area (Å²) >= 11 is 0. The molecule has 0 aromatic rings. The fourth-order valence-electron chi connectivity index (χ4n) is 2.90. The van der Waals surface area contributed by atoms with Crippen LogP contribution in [0.15, 0.2) is 0 Å². The Morgan fingerprint density at radius 1 is 1.33 bits per heavy atom. The lowest BCUT2D eigenvalue weighted by molar-refractivity contribution is -0.144. The topological polar surface area (TPSA) is 38.8 Å². The molecule has 2 unspecified atom stereocenters. The first-order chi connectivity index (χ1) is 6.87. The summed E-state index contributed by atoms with van der Waals surface area (Å²) in [6.07, 6.45) is 2.53. The van der Waals surface area contributed by atoms with E-state index in [1.54, 1.807) is 0 Å². The Kier molecular flexibility index (Phi) is 2.16. The highest BCUT2D eigenvalue weighted by Crippen LogP contribution is 2.69. The van der Waals surface area contributed by atoms with Crippen molar-refractivity contribution in [1.82, 2.24) is 0 Å². The summed E-state index contributed by atoms with van der Waals surface area (Å²) in [4.78, 5) is 11.5. The molecule has 1 heterocycles. The van der Waals surface area contributed by atoms with Gasteiger partial charge in [-0.2, -0.15) is 0 Å². The Bertz CT molecular complexity index is 293. The molecule has 1 aliphatic heterocycles. The molecule has 2 fully saturated rings. The van der Waals surface area contributed by atoms with Crippen LogP contribution in [0.25, 0.3) is 0 Å². The largest absolute Gasteiger partial charge is 0.466 e. The number of carbonyl (C=O) groups is 1.